The van der Waals surface area contributed by atoms with Gasteiger partial charge < -0.3 is 9.90 Å². The van der Waals surface area contributed by atoms with Gasteiger partial charge in [-0.2, -0.15) is 0 Å². The Balaban J connectivity index is -0.000000172. The molecule has 0 aromatic rings. The van der Waals surface area contributed by atoms with E-state index in [2.05, 4.69) is 13.8 Å². The van der Waals surface area contributed by atoms with Crippen molar-refractivity contribution in [3.05, 3.63) is 0 Å². The summed E-state index contributed by atoms with van der Waals surface area (Å²) >= 11 is 9.53. The highest BCUT2D eigenvalue weighted by molar-refractivity contribution is 6.40. The summed E-state index contributed by atoms with van der Waals surface area (Å²) in [4.78, 5) is 9.49. The minimum absolute atomic E-state index is 0.181. The van der Waals surface area contributed by atoms with Gasteiger partial charge in [0.1, 0.15) is 0 Å². The monoisotopic (exact) mass is 271 g/mol. The van der Waals surface area contributed by atoms with Gasteiger partial charge in [-0.05, 0) is 6.42 Å². The van der Waals surface area contributed by atoms with E-state index in [-0.39, 0.29) is 11.8 Å². The van der Waals surface area contributed by atoms with Crippen molar-refractivity contribution in [2.45, 2.75) is 65.7 Å². The molecular formula is C12H25Cl2O2-. The van der Waals surface area contributed by atoms with Crippen molar-refractivity contribution in [3.63, 3.8) is 0 Å². The molecule has 0 spiro atoms. The number of carboxylic acid groups (broad SMARTS) is 1. The summed E-state index contributed by atoms with van der Waals surface area (Å²) in [5, 5.41) is 9.68. The van der Waals surface area contributed by atoms with Crippen molar-refractivity contribution in [2.75, 3.05) is 5.34 Å². The normalized spacial score (nSPS) is 8.31. The first-order valence-electron chi connectivity index (χ1n) is 5.92. The lowest BCUT2D eigenvalue weighted by atomic mass is 10.2. The van der Waals surface area contributed by atoms with Gasteiger partial charge in [-0.3, -0.25) is 0 Å². The lowest BCUT2D eigenvalue weighted by molar-refractivity contribution is -0.305. The van der Waals surface area contributed by atoms with Crippen molar-refractivity contribution < 1.29 is 9.90 Å². The van der Waals surface area contributed by atoms with E-state index in [4.69, 9.17) is 23.2 Å². The van der Waals surface area contributed by atoms with E-state index in [0.29, 0.717) is 6.42 Å². The van der Waals surface area contributed by atoms with E-state index in [0.717, 1.165) is 0 Å². The SMILES string of the molecule is CCCC(=O)[O-].CCCCCCC.ClCCl. The Morgan fingerprint density at radius 1 is 0.938 bits per heavy atom. The van der Waals surface area contributed by atoms with Crippen molar-refractivity contribution in [1.29, 1.82) is 0 Å². The average molecular weight is 272 g/mol. The molecule has 0 saturated heterocycles. The Morgan fingerprint density at radius 3 is 1.44 bits per heavy atom. The van der Waals surface area contributed by atoms with Crippen LogP contribution in [-0.2, 0) is 4.79 Å². The second kappa shape index (κ2) is 24.3. The van der Waals surface area contributed by atoms with Crippen LogP contribution in [0.5, 0.6) is 0 Å². The van der Waals surface area contributed by atoms with E-state index in [1.165, 1.54) is 32.1 Å². The lowest BCUT2D eigenvalue weighted by Gasteiger charge is -1.92. The van der Waals surface area contributed by atoms with E-state index < -0.39 is 5.97 Å². The number of aliphatic carboxylic acids is 1. The van der Waals surface area contributed by atoms with Crippen molar-refractivity contribution in [1.82, 2.24) is 0 Å². The summed E-state index contributed by atoms with van der Waals surface area (Å²) in [5.74, 6) is -0.961. The Labute approximate surface area is 110 Å². The lowest BCUT2D eigenvalue weighted by Crippen LogP contribution is -2.20. The van der Waals surface area contributed by atoms with Gasteiger partial charge in [-0.25, -0.2) is 0 Å². The molecule has 0 amide bonds. The second-order valence-electron chi connectivity index (χ2n) is 3.28. The highest BCUT2D eigenvalue weighted by Gasteiger charge is 1.80. The summed E-state index contributed by atoms with van der Waals surface area (Å²) in [7, 11) is 0. The predicted molar refractivity (Wildman–Crippen MR) is 70.9 cm³/mol. The molecule has 0 aliphatic heterocycles. The Kier molecular flexibility index (Phi) is 32.5. The molecule has 0 aromatic heterocycles. The molecule has 0 fully saturated rings. The largest absolute Gasteiger partial charge is 0.550 e. The van der Waals surface area contributed by atoms with E-state index in [1.54, 1.807) is 6.92 Å². The molecule has 4 heteroatoms. The molecule has 0 radical (unpaired) electrons. The summed E-state index contributed by atoms with van der Waals surface area (Å²) in [5.41, 5.74) is 0. The number of hydrogen-bond donors (Lipinski definition) is 0. The number of halogens is 2. The first-order chi connectivity index (χ1) is 7.60. The van der Waals surface area contributed by atoms with E-state index in [9.17, 15) is 9.90 Å². The first-order valence-corrected chi connectivity index (χ1v) is 6.99. The van der Waals surface area contributed by atoms with Crippen LogP contribution in [0.2, 0.25) is 0 Å². The first kappa shape index (κ1) is 21.3. The average Bonchev–Trinajstić information content (AvgIpc) is 2.20. The molecule has 0 saturated carbocycles. The van der Waals surface area contributed by atoms with Crippen LogP contribution in [0.25, 0.3) is 0 Å². The van der Waals surface area contributed by atoms with Gasteiger partial charge in [-0.15, -0.1) is 23.2 Å². The van der Waals surface area contributed by atoms with Crippen LogP contribution in [0.1, 0.15) is 65.7 Å². The van der Waals surface area contributed by atoms with Gasteiger partial charge in [-0.1, -0.05) is 59.3 Å². The minimum Gasteiger partial charge on any atom is -0.550 e. The Morgan fingerprint density at radius 2 is 1.31 bits per heavy atom. The van der Waals surface area contributed by atoms with E-state index >= 15 is 0 Å². The zero-order valence-electron chi connectivity index (χ0n) is 10.7. The summed E-state index contributed by atoms with van der Waals surface area (Å²) in [6, 6.07) is 0. The standard InChI is InChI=1S/C7H16.C4H8O2.CH2Cl2/c1-3-5-7-6-4-2;1-2-3-4(5)6;2-1-3/h3-7H2,1-2H3;2-3H2,1H3,(H,5,6);1H2/p-1. The van der Waals surface area contributed by atoms with Gasteiger partial charge in [0.05, 0.1) is 5.34 Å². The van der Waals surface area contributed by atoms with Crippen LogP contribution in [-0.4, -0.2) is 11.3 Å². The Bertz CT molecular complexity index is 116. The zero-order valence-corrected chi connectivity index (χ0v) is 12.2. The van der Waals surface area contributed by atoms with E-state index in [1.807, 2.05) is 0 Å². The number of hydrogen-bond acceptors (Lipinski definition) is 2. The maximum atomic E-state index is 9.49. The van der Waals surface area contributed by atoms with Crippen molar-refractivity contribution >= 4 is 29.2 Å². The highest BCUT2D eigenvalue weighted by Crippen LogP contribution is 2.00. The summed E-state index contributed by atoms with van der Waals surface area (Å²) < 4.78 is 0. The third-order valence-electron chi connectivity index (χ3n) is 1.66. The molecule has 0 bridgehead atoms. The molecule has 0 unspecified atom stereocenters. The number of alkyl halides is 2. The Hall–Kier alpha value is 0.0500. The highest BCUT2D eigenvalue weighted by atomic mass is 35.5. The van der Waals surface area contributed by atoms with Crippen molar-refractivity contribution in [3.8, 4) is 0 Å². The van der Waals surface area contributed by atoms with Crippen LogP contribution in [0.4, 0.5) is 0 Å². The summed E-state index contributed by atoms with van der Waals surface area (Å²) in [6.07, 6.45) is 7.86. The maximum Gasteiger partial charge on any atom is 0.0967 e. The molecule has 2 nitrogen and oxygen atoms in total. The fourth-order valence-corrected chi connectivity index (χ4v) is 0.881. The number of carbonyl (C=O) groups excluding carboxylic acids is 1. The third kappa shape index (κ3) is 48.1. The number of carboxylic acids is 1. The van der Waals surface area contributed by atoms with Gasteiger partial charge in [0.25, 0.3) is 0 Å². The smallest absolute Gasteiger partial charge is 0.0967 e. The minimum atomic E-state index is -0.961. The molecule has 0 atom stereocenters. The number of carbonyl (C=O) groups is 1. The molecule has 0 rings (SSSR count). The number of rotatable bonds is 6. The zero-order chi connectivity index (χ0) is 13.2. The van der Waals surface area contributed by atoms with Gasteiger partial charge >= 0.3 is 0 Å². The van der Waals surface area contributed by atoms with Gasteiger partial charge in [0.15, 0.2) is 0 Å². The molecule has 0 aliphatic rings. The third-order valence-corrected chi connectivity index (χ3v) is 1.66. The molecule has 16 heavy (non-hydrogen) atoms. The van der Waals surface area contributed by atoms with Crippen LogP contribution in [0.3, 0.4) is 0 Å². The second-order valence-corrected chi connectivity index (χ2v) is 4.09. The van der Waals surface area contributed by atoms with Crippen molar-refractivity contribution in [2.24, 2.45) is 0 Å². The molecule has 0 aliphatic carbocycles. The van der Waals surface area contributed by atoms with Crippen LogP contribution >= 0.6 is 23.2 Å². The van der Waals surface area contributed by atoms with Crippen LogP contribution < -0.4 is 5.11 Å². The fourth-order valence-electron chi connectivity index (χ4n) is 0.881. The molecule has 100 valence electrons. The van der Waals surface area contributed by atoms with Gasteiger partial charge in [0.2, 0.25) is 0 Å². The van der Waals surface area contributed by atoms with Crippen LogP contribution in [0, 0.1) is 0 Å². The number of unbranched alkanes of at least 4 members (excludes halogenated alkanes) is 4. The topological polar surface area (TPSA) is 40.1 Å². The molecular weight excluding hydrogens is 247 g/mol. The molecule has 0 aromatic carbocycles. The van der Waals surface area contributed by atoms with Crippen LogP contribution in [0.15, 0.2) is 0 Å². The predicted octanol–water partition coefficient (Wildman–Crippen LogP) is 3.93. The molecule has 0 N–H and O–H groups in total. The fraction of sp³-hybridized carbons (Fsp3) is 0.917. The van der Waals surface area contributed by atoms with Gasteiger partial charge in [0, 0.05) is 5.97 Å². The quantitative estimate of drug-likeness (QED) is 0.543. The maximum absolute atomic E-state index is 9.49. The molecule has 0 heterocycles. The summed E-state index contributed by atoms with van der Waals surface area (Å²) in [6.45, 7) is 6.29.